The SMILES string of the molecule is Cc1cc(C(C)C)nc(NC2c3ccccc3CC2Cl)n1. The first-order chi connectivity index (χ1) is 10.0. The van der Waals surface area contributed by atoms with Gasteiger partial charge in [0.15, 0.2) is 0 Å². The lowest BCUT2D eigenvalue weighted by atomic mass is 10.1. The second kappa shape index (κ2) is 5.64. The van der Waals surface area contributed by atoms with Crippen molar-refractivity contribution in [1.82, 2.24) is 9.97 Å². The average Bonchev–Trinajstić information content (AvgIpc) is 2.75. The molecule has 21 heavy (non-hydrogen) atoms. The van der Waals surface area contributed by atoms with Crippen LogP contribution in [0.4, 0.5) is 5.95 Å². The van der Waals surface area contributed by atoms with Crippen molar-refractivity contribution in [1.29, 1.82) is 0 Å². The molecule has 1 heterocycles. The molecule has 1 aliphatic rings. The molecule has 1 N–H and O–H groups in total. The highest BCUT2D eigenvalue weighted by Crippen LogP contribution is 2.36. The second-order valence-electron chi connectivity index (χ2n) is 5.95. The Labute approximate surface area is 130 Å². The van der Waals surface area contributed by atoms with Crippen molar-refractivity contribution < 1.29 is 0 Å². The Morgan fingerprint density at radius 1 is 1.24 bits per heavy atom. The Balaban J connectivity index is 1.90. The van der Waals surface area contributed by atoms with E-state index in [1.807, 2.05) is 13.0 Å². The quantitative estimate of drug-likeness (QED) is 0.862. The summed E-state index contributed by atoms with van der Waals surface area (Å²) in [6.45, 7) is 6.28. The van der Waals surface area contributed by atoms with Gasteiger partial charge in [0.2, 0.25) is 5.95 Å². The van der Waals surface area contributed by atoms with Crippen LogP contribution in [-0.2, 0) is 6.42 Å². The predicted octanol–water partition coefficient (Wildman–Crippen LogP) is 4.23. The summed E-state index contributed by atoms with van der Waals surface area (Å²) in [5.41, 5.74) is 4.61. The zero-order valence-electron chi connectivity index (χ0n) is 12.6. The highest BCUT2D eigenvalue weighted by atomic mass is 35.5. The summed E-state index contributed by atoms with van der Waals surface area (Å²) in [6.07, 6.45) is 0.887. The van der Waals surface area contributed by atoms with E-state index < -0.39 is 0 Å². The Bertz CT molecular complexity index is 654. The first-order valence-electron chi connectivity index (χ1n) is 7.38. The minimum absolute atomic E-state index is 0.0361. The number of benzene rings is 1. The van der Waals surface area contributed by atoms with Crippen LogP contribution in [0.2, 0.25) is 0 Å². The van der Waals surface area contributed by atoms with Crippen LogP contribution in [0.1, 0.15) is 48.3 Å². The molecule has 0 amide bonds. The zero-order chi connectivity index (χ0) is 15.0. The molecule has 0 fully saturated rings. The summed E-state index contributed by atoms with van der Waals surface area (Å²) < 4.78 is 0. The van der Waals surface area contributed by atoms with Crippen molar-refractivity contribution in [3.8, 4) is 0 Å². The van der Waals surface area contributed by atoms with Crippen LogP contribution in [0.5, 0.6) is 0 Å². The summed E-state index contributed by atoms with van der Waals surface area (Å²) in [7, 11) is 0. The monoisotopic (exact) mass is 301 g/mol. The van der Waals surface area contributed by atoms with Crippen LogP contribution in [0.3, 0.4) is 0 Å². The topological polar surface area (TPSA) is 37.8 Å². The lowest BCUT2D eigenvalue weighted by molar-refractivity contribution is 0.747. The van der Waals surface area contributed by atoms with Crippen LogP contribution in [-0.4, -0.2) is 15.3 Å². The number of alkyl halides is 1. The summed E-state index contributed by atoms with van der Waals surface area (Å²) >= 11 is 6.52. The van der Waals surface area contributed by atoms with Gasteiger partial charge in [-0.2, -0.15) is 0 Å². The Hall–Kier alpha value is -1.61. The largest absolute Gasteiger partial charge is 0.346 e. The van der Waals surface area contributed by atoms with Gasteiger partial charge in [0.25, 0.3) is 0 Å². The predicted molar refractivity (Wildman–Crippen MR) is 87.0 cm³/mol. The maximum atomic E-state index is 6.52. The number of hydrogen-bond acceptors (Lipinski definition) is 3. The van der Waals surface area contributed by atoms with Gasteiger partial charge >= 0.3 is 0 Å². The fraction of sp³-hybridized carbons (Fsp3) is 0.412. The molecule has 2 aromatic rings. The van der Waals surface area contributed by atoms with Gasteiger partial charge in [-0.25, -0.2) is 9.97 Å². The van der Waals surface area contributed by atoms with Crippen LogP contribution in [0.25, 0.3) is 0 Å². The molecule has 0 spiro atoms. The van der Waals surface area contributed by atoms with Crippen LogP contribution in [0, 0.1) is 6.92 Å². The lowest BCUT2D eigenvalue weighted by Gasteiger charge is -2.18. The minimum atomic E-state index is 0.0361. The molecule has 0 aliphatic heterocycles. The van der Waals surface area contributed by atoms with Gasteiger partial charge in [-0.15, -0.1) is 11.6 Å². The number of aromatic nitrogens is 2. The highest BCUT2D eigenvalue weighted by molar-refractivity contribution is 6.21. The van der Waals surface area contributed by atoms with Gasteiger partial charge in [0.05, 0.1) is 11.4 Å². The van der Waals surface area contributed by atoms with Crippen molar-refractivity contribution in [3.05, 3.63) is 52.8 Å². The minimum Gasteiger partial charge on any atom is -0.346 e. The molecule has 0 saturated heterocycles. The molecular weight excluding hydrogens is 282 g/mol. The third-order valence-electron chi connectivity index (χ3n) is 3.92. The van der Waals surface area contributed by atoms with Crippen molar-refractivity contribution in [2.75, 3.05) is 5.32 Å². The van der Waals surface area contributed by atoms with Gasteiger partial charge in [-0.1, -0.05) is 38.1 Å². The number of nitrogens with one attached hydrogen (secondary N) is 1. The number of nitrogens with zero attached hydrogens (tertiary/aromatic N) is 2. The fourth-order valence-corrected chi connectivity index (χ4v) is 3.17. The van der Waals surface area contributed by atoms with E-state index in [4.69, 9.17) is 11.6 Å². The zero-order valence-corrected chi connectivity index (χ0v) is 13.4. The maximum absolute atomic E-state index is 6.52. The third-order valence-corrected chi connectivity index (χ3v) is 4.32. The molecule has 4 heteroatoms. The van der Waals surface area contributed by atoms with Crippen molar-refractivity contribution in [2.45, 2.75) is 44.5 Å². The van der Waals surface area contributed by atoms with Crippen LogP contribution < -0.4 is 5.32 Å². The van der Waals surface area contributed by atoms with Gasteiger partial charge in [-0.3, -0.25) is 0 Å². The average molecular weight is 302 g/mol. The molecule has 0 saturated carbocycles. The third kappa shape index (κ3) is 2.88. The second-order valence-corrected chi connectivity index (χ2v) is 6.51. The molecule has 1 aromatic heterocycles. The lowest BCUT2D eigenvalue weighted by Crippen LogP contribution is -2.19. The Morgan fingerprint density at radius 2 is 2.00 bits per heavy atom. The van der Waals surface area contributed by atoms with E-state index in [2.05, 4.69) is 53.4 Å². The van der Waals surface area contributed by atoms with Gasteiger partial charge in [0, 0.05) is 11.4 Å². The van der Waals surface area contributed by atoms with Crippen LogP contribution >= 0.6 is 11.6 Å². The number of fused-ring (bicyclic) bond motifs is 1. The summed E-state index contributed by atoms with van der Waals surface area (Å²) in [5.74, 6) is 1.06. The molecule has 2 atom stereocenters. The van der Waals surface area contributed by atoms with E-state index in [0.29, 0.717) is 11.9 Å². The molecular formula is C17H20ClN3. The number of halogens is 1. The van der Waals surface area contributed by atoms with Gasteiger partial charge in [0.1, 0.15) is 0 Å². The molecule has 3 nitrogen and oxygen atoms in total. The normalized spacial score (nSPS) is 20.6. The van der Waals surface area contributed by atoms with Gasteiger partial charge < -0.3 is 5.32 Å². The summed E-state index contributed by atoms with van der Waals surface area (Å²) in [4.78, 5) is 9.13. The maximum Gasteiger partial charge on any atom is 0.223 e. The fourth-order valence-electron chi connectivity index (χ4n) is 2.81. The number of rotatable bonds is 3. The summed E-state index contributed by atoms with van der Waals surface area (Å²) in [5, 5.41) is 3.46. The van der Waals surface area contributed by atoms with Crippen molar-refractivity contribution in [2.24, 2.45) is 0 Å². The first kappa shape index (κ1) is 14.3. The summed E-state index contributed by atoms with van der Waals surface area (Å²) in [6, 6.07) is 10.5. The van der Waals surface area contributed by atoms with E-state index in [-0.39, 0.29) is 11.4 Å². The molecule has 0 radical (unpaired) electrons. The number of hydrogen-bond donors (Lipinski definition) is 1. The molecule has 1 aliphatic carbocycles. The number of aryl methyl sites for hydroxylation is 1. The van der Waals surface area contributed by atoms with Gasteiger partial charge in [-0.05, 0) is 36.5 Å². The van der Waals surface area contributed by atoms with Crippen molar-refractivity contribution >= 4 is 17.5 Å². The van der Waals surface area contributed by atoms with E-state index in [1.54, 1.807) is 0 Å². The van der Waals surface area contributed by atoms with Crippen LogP contribution in [0.15, 0.2) is 30.3 Å². The molecule has 0 bridgehead atoms. The van der Waals surface area contributed by atoms with E-state index in [1.165, 1.54) is 11.1 Å². The highest BCUT2D eigenvalue weighted by Gasteiger charge is 2.31. The molecule has 2 unspecified atom stereocenters. The van der Waals surface area contributed by atoms with Crippen molar-refractivity contribution in [3.63, 3.8) is 0 Å². The molecule has 1 aromatic carbocycles. The van der Waals surface area contributed by atoms with E-state index in [9.17, 15) is 0 Å². The molecule has 110 valence electrons. The standard InChI is InChI=1S/C17H20ClN3/c1-10(2)15-8-11(3)19-17(20-15)21-16-13-7-5-4-6-12(13)9-14(16)18/h4-8,10,14,16H,9H2,1-3H3,(H,19,20,21). The van der Waals surface area contributed by atoms with E-state index >= 15 is 0 Å². The smallest absolute Gasteiger partial charge is 0.223 e. The Kier molecular flexibility index (Phi) is 3.85. The first-order valence-corrected chi connectivity index (χ1v) is 7.82. The Morgan fingerprint density at radius 3 is 2.76 bits per heavy atom. The van der Waals surface area contributed by atoms with E-state index in [0.717, 1.165) is 17.8 Å². The number of anilines is 1. The molecule has 3 rings (SSSR count).